The maximum Gasteiger partial charge on any atom is 0.417 e. The number of pyridine rings is 1. The number of carbonyl (C=O) groups excluding carboxylic acids is 3. The van der Waals surface area contributed by atoms with Crippen LogP contribution in [-0.4, -0.2) is 39.3 Å². The first-order chi connectivity index (χ1) is 16.6. The molecule has 0 fully saturated rings. The SMILES string of the molecule is CC(C)(C)OC(=O)CCC(C(N)=O)N1Cc2cc(-c3cc(C(F)(F)F)c(C#N)c(N)n3)ccc2C1=O. The number of nitrogens with two attached hydrogens (primary N) is 2. The molecule has 2 aromatic rings. The van der Waals surface area contributed by atoms with E-state index in [2.05, 4.69) is 4.98 Å². The molecule has 0 saturated carbocycles. The van der Waals surface area contributed by atoms with E-state index in [0.29, 0.717) is 5.56 Å². The molecule has 3 rings (SSSR count). The van der Waals surface area contributed by atoms with Crippen LogP contribution in [0.1, 0.15) is 60.7 Å². The molecule has 9 nitrogen and oxygen atoms in total. The van der Waals surface area contributed by atoms with Gasteiger partial charge >= 0.3 is 12.1 Å². The van der Waals surface area contributed by atoms with Gasteiger partial charge in [-0.1, -0.05) is 6.07 Å². The Hall–Kier alpha value is -4.14. The molecule has 1 unspecified atom stereocenters. The zero-order chi connectivity index (χ0) is 27.0. The number of fused-ring (bicyclic) bond motifs is 1. The van der Waals surface area contributed by atoms with E-state index in [9.17, 15) is 27.6 Å². The standard InChI is InChI=1S/C24H24F3N5O4/c1-23(2,3)36-19(33)7-6-18(21(30)34)32-11-13-8-12(4-5-14(13)22(32)35)17-9-16(24(25,26)27)15(10-28)20(29)31-17/h4-5,8-9,18H,6-7,11H2,1-3H3,(H2,29,31)(H2,30,34). The number of hydrogen-bond acceptors (Lipinski definition) is 7. The van der Waals surface area contributed by atoms with Crippen LogP contribution in [0.25, 0.3) is 11.3 Å². The molecular weight excluding hydrogens is 479 g/mol. The summed E-state index contributed by atoms with van der Waals surface area (Å²) in [5.74, 6) is -2.44. The van der Waals surface area contributed by atoms with Crippen molar-refractivity contribution >= 4 is 23.6 Å². The number of hydrogen-bond donors (Lipinski definition) is 2. The number of halogens is 3. The van der Waals surface area contributed by atoms with E-state index in [1.807, 2.05) is 0 Å². The lowest BCUT2D eigenvalue weighted by Crippen LogP contribution is -2.45. The fourth-order valence-corrected chi connectivity index (χ4v) is 3.91. The van der Waals surface area contributed by atoms with Gasteiger partial charge < -0.3 is 21.1 Å². The third kappa shape index (κ3) is 5.56. The Balaban J connectivity index is 1.89. The van der Waals surface area contributed by atoms with Crippen LogP contribution < -0.4 is 11.5 Å². The van der Waals surface area contributed by atoms with Gasteiger partial charge in [-0.3, -0.25) is 14.4 Å². The van der Waals surface area contributed by atoms with E-state index in [4.69, 9.17) is 21.5 Å². The first-order valence-corrected chi connectivity index (χ1v) is 10.9. The zero-order valence-corrected chi connectivity index (χ0v) is 19.8. The van der Waals surface area contributed by atoms with Crippen LogP contribution in [0, 0.1) is 11.3 Å². The maximum atomic E-state index is 13.5. The molecular formula is C24H24F3N5O4. The summed E-state index contributed by atoms with van der Waals surface area (Å²) in [6.45, 7) is 5.04. The molecule has 190 valence electrons. The highest BCUT2D eigenvalue weighted by Gasteiger charge is 2.37. The van der Waals surface area contributed by atoms with Crippen molar-refractivity contribution in [1.29, 1.82) is 5.26 Å². The van der Waals surface area contributed by atoms with Gasteiger partial charge in [0.2, 0.25) is 5.91 Å². The Morgan fingerprint density at radius 2 is 1.92 bits per heavy atom. The van der Waals surface area contributed by atoms with E-state index in [0.717, 1.165) is 6.07 Å². The predicted octanol–water partition coefficient (Wildman–Crippen LogP) is 3.15. The summed E-state index contributed by atoms with van der Waals surface area (Å²) in [4.78, 5) is 42.3. The molecule has 12 heteroatoms. The number of ether oxygens (including phenoxy) is 1. The van der Waals surface area contributed by atoms with Crippen LogP contribution >= 0.6 is 0 Å². The molecule has 4 N–H and O–H groups in total. The number of aromatic nitrogens is 1. The first kappa shape index (κ1) is 26.5. The van der Waals surface area contributed by atoms with Crippen molar-refractivity contribution in [2.24, 2.45) is 5.73 Å². The fraction of sp³-hybridized carbons (Fsp3) is 0.375. The normalized spacial score (nSPS) is 14.2. The average molecular weight is 503 g/mol. The molecule has 0 spiro atoms. The van der Waals surface area contributed by atoms with E-state index < -0.39 is 52.5 Å². The number of nitrogen functional groups attached to an aromatic ring is 1. The van der Waals surface area contributed by atoms with Gasteiger partial charge in [0.1, 0.15) is 29.1 Å². The highest BCUT2D eigenvalue weighted by atomic mass is 19.4. The molecule has 0 saturated heterocycles. The van der Waals surface area contributed by atoms with Crippen molar-refractivity contribution in [3.05, 3.63) is 46.5 Å². The van der Waals surface area contributed by atoms with Gasteiger partial charge in [0.05, 0.1) is 11.3 Å². The minimum Gasteiger partial charge on any atom is -0.460 e. The van der Waals surface area contributed by atoms with Gasteiger partial charge in [0.25, 0.3) is 5.91 Å². The van der Waals surface area contributed by atoms with Crippen LogP contribution in [-0.2, 0) is 27.0 Å². The van der Waals surface area contributed by atoms with E-state index in [1.165, 1.54) is 29.2 Å². The summed E-state index contributed by atoms with van der Waals surface area (Å²) in [6.07, 6.45) is -5.03. The van der Waals surface area contributed by atoms with Gasteiger partial charge in [-0.15, -0.1) is 0 Å². The Morgan fingerprint density at radius 1 is 1.25 bits per heavy atom. The second-order valence-corrected chi connectivity index (χ2v) is 9.27. The molecule has 0 bridgehead atoms. The average Bonchev–Trinajstić information content (AvgIpc) is 3.06. The van der Waals surface area contributed by atoms with Gasteiger partial charge in [-0.05, 0) is 51.0 Å². The number of anilines is 1. The topological polar surface area (TPSA) is 152 Å². The number of benzene rings is 1. The first-order valence-electron chi connectivity index (χ1n) is 10.9. The van der Waals surface area contributed by atoms with Crippen molar-refractivity contribution in [3.63, 3.8) is 0 Å². The van der Waals surface area contributed by atoms with Crippen LogP contribution in [0.15, 0.2) is 24.3 Å². The fourth-order valence-electron chi connectivity index (χ4n) is 3.91. The Kier molecular flexibility index (Phi) is 6.97. The second-order valence-electron chi connectivity index (χ2n) is 9.27. The van der Waals surface area contributed by atoms with E-state index in [1.54, 1.807) is 20.8 Å². The van der Waals surface area contributed by atoms with Crippen molar-refractivity contribution < 1.29 is 32.3 Å². The lowest BCUT2D eigenvalue weighted by molar-refractivity contribution is -0.155. The van der Waals surface area contributed by atoms with E-state index in [-0.39, 0.29) is 36.2 Å². The molecule has 0 aliphatic carbocycles. The summed E-state index contributed by atoms with van der Waals surface area (Å²) >= 11 is 0. The molecule has 1 aromatic heterocycles. The molecule has 2 heterocycles. The maximum absolute atomic E-state index is 13.5. The summed E-state index contributed by atoms with van der Waals surface area (Å²) in [5.41, 5.74) is 9.16. The second kappa shape index (κ2) is 9.49. The summed E-state index contributed by atoms with van der Waals surface area (Å²) in [7, 11) is 0. The van der Waals surface area contributed by atoms with Gasteiger partial charge in [-0.2, -0.15) is 18.4 Å². The smallest absolute Gasteiger partial charge is 0.417 e. The number of esters is 1. The van der Waals surface area contributed by atoms with Crippen molar-refractivity contribution in [1.82, 2.24) is 9.88 Å². The quantitative estimate of drug-likeness (QED) is 0.574. The number of carbonyl (C=O) groups is 3. The highest BCUT2D eigenvalue weighted by Crippen LogP contribution is 2.37. The van der Waals surface area contributed by atoms with Crippen LogP contribution in [0.4, 0.5) is 19.0 Å². The zero-order valence-electron chi connectivity index (χ0n) is 19.8. The minimum atomic E-state index is -4.83. The number of primary amides is 1. The van der Waals surface area contributed by atoms with Crippen LogP contribution in [0.2, 0.25) is 0 Å². The molecule has 1 atom stereocenters. The number of nitriles is 1. The predicted molar refractivity (Wildman–Crippen MR) is 122 cm³/mol. The molecule has 36 heavy (non-hydrogen) atoms. The summed E-state index contributed by atoms with van der Waals surface area (Å²) < 4.78 is 45.6. The Labute approximate surface area is 204 Å². The highest BCUT2D eigenvalue weighted by molar-refractivity contribution is 6.01. The van der Waals surface area contributed by atoms with Crippen LogP contribution in [0.5, 0.6) is 0 Å². The third-order valence-corrected chi connectivity index (χ3v) is 5.44. The molecule has 0 radical (unpaired) electrons. The number of alkyl halides is 3. The van der Waals surface area contributed by atoms with E-state index >= 15 is 0 Å². The van der Waals surface area contributed by atoms with Gasteiger partial charge in [-0.25, -0.2) is 4.98 Å². The van der Waals surface area contributed by atoms with Crippen LogP contribution in [0.3, 0.4) is 0 Å². The molecule has 2 amide bonds. The Morgan fingerprint density at radius 3 is 2.47 bits per heavy atom. The summed E-state index contributed by atoms with van der Waals surface area (Å²) in [6, 6.07) is 5.31. The number of nitrogens with zero attached hydrogens (tertiary/aromatic N) is 3. The van der Waals surface area contributed by atoms with Crippen molar-refractivity contribution in [2.75, 3.05) is 5.73 Å². The largest absolute Gasteiger partial charge is 0.460 e. The van der Waals surface area contributed by atoms with Crippen molar-refractivity contribution in [3.8, 4) is 17.3 Å². The monoisotopic (exact) mass is 503 g/mol. The molecule has 1 aliphatic heterocycles. The Bertz CT molecular complexity index is 1280. The lowest BCUT2D eigenvalue weighted by atomic mass is 10.0. The summed E-state index contributed by atoms with van der Waals surface area (Å²) in [5, 5.41) is 9.06. The van der Waals surface area contributed by atoms with Gasteiger partial charge in [0, 0.05) is 24.1 Å². The van der Waals surface area contributed by atoms with Gasteiger partial charge in [0.15, 0.2) is 0 Å². The molecule has 1 aromatic carbocycles. The molecule has 1 aliphatic rings. The number of rotatable bonds is 6. The third-order valence-electron chi connectivity index (χ3n) is 5.44. The number of amides is 2. The minimum absolute atomic E-state index is 0.0537. The lowest BCUT2D eigenvalue weighted by Gasteiger charge is -2.25. The van der Waals surface area contributed by atoms with Crippen molar-refractivity contribution in [2.45, 2.75) is 58.0 Å².